The molecule has 1 amide bonds. The highest BCUT2D eigenvalue weighted by Gasteiger charge is 2.24. The van der Waals surface area contributed by atoms with Gasteiger partial charge in [-0.05, 0) is 48.4 Å². The summed E-state index contributed by atoms with van der Waals surface area (Å²) in [6, 6.07) is 8.32. The predicted molar refractivity (Wildman–Crippen MR) is 96.5 cm³/mol. The van der Waals surface area contributed by atoms with Crippen molar-refractivity contribution in [3.8, 4) is 0 Å². The van der Waals surface area contributed by atoms with E-state index >= 15 is 0 Å². The Labute approximate surface area is 154 Å². The summed E-state index contributed by atoms with van der Waals surface area (Å²) in [6.45, 7) is 0. The van der Waals surface area contributed by atoms with Gasteiger partial charge >= 0.3 is 0 Å². The second kappa shape index (κ2) is 6.97. The summed E-state index contributed by atoms with van der Waals surface area (Å²) in [5.74, 6) is 0.0266. The van der Waals surface area contributed by atoms with E-state index in [1.54, 1.807) is 17.8 Å². The van der Waals surface area contributed by atoms with Crippen LogP contribution >= 0.6 is 23.4 Å². The number of hydrogen-bond acceptors (Lipinski definition) is 4. The number of thioether (sulfide) groups is 1. The third-order valence-corrected chi connectivity index (χ3v) is 6.61. The van der Waals surface area contributed by atoms with Crippen molar-refractivity contribution in [2.45, 2.75) is 22.3 Å². The van der Waals surface area contributed by atoms with Crippen molar-refractivity contribution in [2.24, 2.45) is 0 Å². The summed E-state index contributed by atoms with van der Waals surface area (Å²) in [5.41, 5.74) is 0.933. The number of sulfone groups is 1. The standard InChI is InChI=1S/C17H15ClFNO3S2/c1-25(22,23)16-8-10(2-4-13(16)18)17(21)20-14-6-7-24-15-5-3-11(19)9-12(14)15/h2-5,8-9,14H,6-7H2,1H3,(H,20,21)/t14-/m1/s1. The van der Waals surface area contributed by atoms with Crippen molar-refractivity contribution in [1.82, 2.24) is 5.32 Å². The highest BCUT2D eigenvalue weighted by Crippen LogP contribution is 2.36. The van der Waals surface area contributed by atoms with Gasteiger partial charge in [0, 0.05) is 22.5 Å². The summed E-state index contributed by atoms with van der Waals surface area (Å²) in [4.78, 5) is 13.4. The zero-order chi connectivity index (χ0) is 18.2. The first kappa shape index (κ1) is 18.2. The highest BCUT2D eigenvalue weighted by atomic mass is 35.5. The lowest BCUT2D eigenvalue weighted by Gasteiger charge is -2.26. The van der Waals surface area contributed by atoms with E-state index in [9.17, 15) is 17.6 Å². The molecule has 25 heavy (non-hydrogen) atoms. The molecular formula is C17H15ClFNO3S2. The van der Waals surface area contributed by atoms with Gasteiger partial charge in [0.15, 0.2) is 9.84 Å². The Morgan fingerprint density at radius 2 is 2.04 bits per heavy atom. The highest BCUT2D eigenvalue weighted by molar-refractivity contribution is 7.99. The molecule has 1 heterocycles. The van der Waals surface area contributed by atoms with Crippen LogP contribution in [0.2, 0.25) is 5.02 Å². The number of fused-ring (bicyclic) bond motifs is 1. The number of nitrogens with one attached hydrogen (secondary N) is 1. The van der Waals surface area contributed by atoms with Crippen molar-refractivity contribution in [3.63, 3.8) is 0 Å². The summed E-state index contributed by atoms with van der Waals surface area (Å²) in [6.07, 6.45) is 1.70. The lowest BCUT2D eigenvalue weighted by atomic mass is 10.0. The van der Waals surface area contributed by atoms with Gasteiger partial charge in [0.2, 0.25) is 0 Å². The molecular weight excluding hydrogens is 385 g/mol. The lowest BCUT2D eigenvalue weighted by Crippen LogP contribution is -2.30. The summed E-state index contributed by atoms with van der Waals surface area (Å²) < 4.78 is 37.1. The molecule has 0 aromatic heterocycles. The molecule has 8 heteroatoms. The smallest absolute Gasteiger partial charge is 0.251 e. The number of carbonyl (C=O) groups excluding carboxylic acids is 1. The third kappa shape index (κ3) is 3.99. The van der Waals surface area contributed by atoms with E-state index in [-0.39, 0.29) is 27.3 Å². The van der Waals surface area contributed by atoms with E-state index in [1.807, 2.05) is 0 Å². The van der Waals surface area contributed by atoms with Gasteiger partial charge in [-0.1, -0.05) is 11.6 Å². The Balaban J connectivity index is 1.88. The van der Waals surface area contributed by atoms with Gasteiger partial charge in [-0.25, -0.2) is 12.8 Å². The first-order valence-corrected chi connectivity index (χ1v) is 10.7. The minimum Gasteiger partial charge on any atom is -0.345 e. The first-order valence-electron chi connectivity index (χ1n) is 7.48. The second-order valence-corrected chi connectivity index (χ2v) is 9.29. The Hall–Kier alpha value is -1.57. The number of halogens is 2. The van der Waals surface area contributed by atoms with Crippen molar-refractivity contribution < 1.29 is 17.6 Å². The molecule has 4 nitrogen and oxygen atoms in total. The molecule has 0 spiro atoms. The normalized spacial score (nSPS) is 17.0. The minimum absolute atomic E-state index is 0.0699. The molecule has 2 aromatic rings. The average Bonchev–Trinajstić information content (AvgIpc) is 2.54. The number of benzene rings is 2. The first-order chi connectivity index (χ1) is 11.8. The molecule has 1 aliphatic rings. The third-order valence-electron chi connectivity index (χ3n) is 3.91. The molecule has 1 N–H and O–H groups in total. The van der Waals surface area contributed by atoms with Crippen LogP contribution in [-0.2, 0) is 9.84 Å². The van der Waals surface area contributed by atoms with Crippen molar-refractivity contribution in [2.75, 3.05) is 12.0 Å². The van der Waals surface area contributed by atoms with Gasteiger partial charge in [-0.2, -0.15) is 0 Å². The van der Waals surface area contributed by atoms with Crippen LogP contribution < -0.4 is 5.32 Å². The number of carbonyl (C=O) groups is 1. The van der Waals surface area contributed by atoms with Crippen LogP contribution in [0.25, 0.3) is 0 Å². The Morgan fingerprint density at radius 3 is 2.76 bits per heavy atom. The molecule has 2 aromatic carbocycles. The molecule has 1 aliphatic heterocycles. The molecule has 1 atom stereocenters. The SMILES string of the molecule is CS(=O)(=O)c1cc(C(=O)N[C@@H]2CCSc3ccc(F)cc32)ccc1Cl. The molecule has 0 saturated carbocycles. The van der Waals surface area contributed by atoms with E-state index in [0.717, 1.165) is 22.5 Å². The van der Waals surface area contributed by atoms with Gasteiger partial charge in [0.05, 0.1) is 16.0 Å². The molecule has 0 aliphatic carbocycles. The van der Waals surface area contributed by atoms with Crippen LogP contribution in [0.4, 0.5) is 4.39 Å². The average molecular weight is 400 g/mol. The zero-order valence-corrected chi connectivity index (χ0v) is 15.6. The molecule has 132 valence electrons. The molecule has 0 fully saturated rings. The Morgan fingerprint density at radius 1 is 1.28 bits per heavy atom. The maximum atomic E-state index is 13.6. The van der Waals surface area contributed by atoms with Gasteiger partial charge in [0.25, 0.3) is 5.91 Å². The van der Waals surface area contributed by atoms with Crippen molar-refractivity contribution >= 4 is 39.1 Å². The molecule has 0 bridgehead atoms. The Bertz CT molecular complexity index is 947. The van der Waals surface area contributed by atoms with Crippen LogP contribution in [0, 0.1) is 5.82 Å². The number of rotatable bonds is 3. The zero-order valence-electron chi connectivity index (χ0n) is 13.3. The lowest BCUT2D eigenvalue weighted by molar-refractivity contribution is 0.0934. The van der Waals surface area contributed by atoms with Crippen LogP contribution in [-0.4, -0.2) is 26.3 Å². The number of amides is 1. The summed E-state index contributed by atoms with van der Waals surface area (Å²) >= 11 is 7.52. The largest absolute Gasteiger partial charge is 0.345 e. The van der Waals surface area contributed by atoms with E-state index < -0.39 is 15.7 Å². The minimum atomic E-state index is -3.54. The monoisotopic (exact) mass is 399 g/mol. The predicted octanol–water partition coefficient (Wildman–Crippen LogP) is 3.85. The van der Waals surface area contributed by atoms with Gasteiger partial charge < -0.3 is 5.32 Å². The van der Waals surface area contributed by atoms with Crippen LogP contribution in [0.15, 0.2) is 46.2 Å². The quantitative estimate of drug-likeness (QED) is 0.851. The van der Waals surface area contributed by atoms with Crippen molar-refractivity contribution in [3.05, 3.63) is 58.4 Å². The van der Waals surface area contributed by atoms with Gasteiger partial charge in [-0.15, -0.1) is 11.8 Å². The molecule has 0 radical (unpaired) electrons. The fourth-order valence-electron chi connectivity index (χ4n) is 2.69. The van der Waals surface area contributed by atoms with E-state index in [2.05, 4.69) is 5.32 Å². The van der Waals surface area contributed by atoms with Gasteiger partial charge in [0.1, 0.15) is 5.82 Å². The second-order valence-electron chi connectivity index (χ2n) is 5.76. The van der Waals surface area contributed by atoms with Crippen LogP contribution in [0.3, 0.4) is 0 Å². The fraction of sp³-hybridized carbons (Fsp3) is 0.235. The molecule has 0 unspecified atom stereocenters. The van der Waals surface area contributed by atoms with E-state index in [0.29, 0.717) is 6.42 Å². The van der Waals surface area contributed by atoms with Gasteiger partial charge in [-0.3, -0.25) is 4.79 Å². The Kier molecular flexibility index (Phi) is 5.09. The molecule has 3 rings (SSSR count). The number of hydrogen-bond donors (Lipinski definition) is 1. The fourth-order valence-corrected chi connectivity index (χ4v) is 5.09. The van der Waals surface area contributed by atoms with E-state index in [1.165, 1.54) is 30.3 Å². The van der Waals surface area contributed by atoms with Crippen LogP contribution in [0.1, 0.15) is 28.4 Å². The topological polar surface area (TPSA) is 63.2 Å². The maximum absolute atomic E-state index is 13.6. The van der Waals surface area contributed by atoms with Crippen molar-refractivity contribution in [1.29, 1.82) is 0 Å². The van der Waals surface area contributed by atoms with E-state index in [4.69, 9.17) is 11.6 Å². The van der Waals surface area contributed by atoms with Crippen LogP contribution in [0.5, 0.6) is 0 Å². The summed E-state index contributed by atoms with van der Waals surface area (Å²) in [5, 5.41) is 2.93. The summed E-state index contributed by atoms with van der Waals surface area (Å²) in [7, 11) is -3.54. The molecule has 0 saturated heterocycles. The maximum Gasteiger partial charge on any atom is 0.251 e.